The van der Waals surface area contributed by atoms with Crippen molar-refractivity contribution in [2.24, 2.45) is 0 Å². The first-order chi connectivity index (χ1) is 11.5. The molecule has 0 spiro atoms. The van der Waals surface area contributed by atoms with Crippen LogP contribution in [0.4, 0.5) is 22.7 Å². The molecule has 0 saturated heterocycles. The first-order valence-corrected chi connectivity index (χ1v) is 6.69. The van der Waals surface area contributed by atoms with Gasteiger partial charge < -0.3 is 9.73 Å². The van der Waals surface area contributed by atoms with Crippen molar-refractivity contribution in [1.29, 1.82) is 0 Å². The molecule has 24 heavy (non-hydrogen) atoms. The van der Waals surface area contributed by atoms with Gasteiger partial charge >= 0.3 is 11.3 Å². The van der Waals surface area contributed by atoms with E-state index < -0.39 is 21.2 Å². The van der Waals surface area contributed by atoms with E-state index in [1.165, 1.54) is 6.07 Å². The summed E-state index contributed by atoms with van der Waals surface area (Å²) in [6.45, 7) is 0. The standard InChI is InChI=1S/C15H9N3O6/c19-15-14(18(22)23)13(16-9-4-2-1-3-5-9)11-8-10(17(20)21)6-7-12(11)24-15/h1-8,16H. The number of non-ortho nitro benzene ring substituents is 1. The van der Waals surface area contributed by atoms with Gasteiger partial charge in [0.05, 0.1) is 15.2 Å². The molecule has 1 heterocycles. The Bertz CT molecular complexity index is 1010. The number of nitrogens with one attached hydrogen (secondary N) is 1. The summed E-state index contributed by atoms with van der Waals surface area (Å²) in [6.07, 6.45) is 0. The summed E-state index contributed by atoms with van der Waals surface area (Å²) < 4.78 is 4.91. The third kappa shape index (κ3) is 2.65. The minimum atomic E-state index is -1.14. The summed E-state index contributed by atoms with van der Waals surface area (Å²) in [4.78, 5) is 32.6. The molecule has 0 aliphatic heterocycles. The molecule has 0 aliphatic rings. The van der Waals surface area contributed by atoms with Crippen molar-refractivity contribution in [2.75, 3.05) is 5.32 Å². The number of nitro groups is 2. The first kappa shape index (κ1) is 15.2. The van der Waals surface area contributed by atoms with E-state index in [1.807, 2.05) is 0 Å². The minimum Gasteiger partial charge on any atom is -0.418 e. The Morgan fingerprint density at radius 3 is 2.29 bits per heavy atom. The largest absolute Gasteiger partial charge is 0.418 e. The molecular weight excluding hydrogens is 318 g/mol. The summed E-state index contributed by atoms with van der Waals surface area (Å²) in [5, 5.41) is 25.1. The van der Waals surface area contributed by atoms with Gasteiger partial charge in [0.15, 0.2) is 0 Å². The first-order valence-electron chi connectivity index (χ1n) is 6.69. The molecule has 0 fully saturated rings. The van der Waals surface area contributed by atoms with Gasteiger partial charge in [0.1, 0.15) is 11.3 Å². The molecule has 0 saturated carbocycles. The predicted octanol–water partition coefficient (Wildman–Crippen LogP) is 3.35. The number of rotatable bonds is 4. The van der Waals surface area contributed by atoms with Crippen molar-refractivity contribution in [3.05, 3.63) is 79.2 Å². The number of nitro benzene ring substituents is 1. The Hall–Kier alpha value is -3.75. The Morgan fingerprint density at radius 1 is 0.958 bits per heavy atom. The van der Waals surface area contributed by atoms with E-state index >= 15 is 0 Å². The number of hydrogen-bond donors (Lipinski definition) is 1. The molecule has 0 amide bonds. The van der Waals surface area contributed by atoms with Crippen molar-refractivity contribution in [2.45, 2.75) is 0 Å². The quantitative estimate of drug-likeness (QED) is 0.442. The lowest BCUT2D eigenvalue weighted by molar-refractivity contribution is -0.386. The highest BCUT2D eigenvalue weighted by Crippen LogP contribution is 2.34. The van der Waals surface area contributed by atoms with Crippen LogP contribution in [0.15, 0.2) is 57.7 Å². The molecule has 0 aliphatic carbocycles. The van der Waals surface area contributed by atoms with E-state index in [9.17, 15) is 25.0 Å². The lowest BCUT2D eigenvalue weighted by Crippen LogP contribution is -2.10. The second-order valence-corrected chi connectivity index (χ2v) is 4.80. The molecule has 120 valence electrons. The number of nitrogens with zero attached hydrogens (tertiary/aromatic N) is 2. The highest BCUT2D eigenvalue weighted by molar-refractivity contribution is 5.97. The fourth-order valence-electron chi connectivity index (χ4n) is 2.25. The van der Waals surface area contributed by atoms with Crippen molar-refractivity contribution in [3.8, 4) is 0 Å². The van der Waals surface area contributed by atoms with Gasteiger partial charge in [-0.05, 0) is 18.2 Å². The fraction of sp³-hybridized carbons (Fsp3) is 0. The third-order valence-corrected chi connectivity index (χ3v) is 3.30. The molecule has 1 aromatic heterocycles. The minimum absolute atomic E-state index is 0.00892. The van der Waals surface area contributed by atoms with Crippen LogP contribution in [0.25, 0.3) is 11.0 Å². The molecule has 9 nitrogen and oxygen atoms in total. The van der Waals surface area contributed by atoms with Crippen LogP contribution < -0.4 is 10.9 Å². The molecular formula is C15H9N3O6. The average Bonchev–Trinajstić information content (AvgIpc) is 2.55. The van der Waals surface area contributed by atoms with Gasteiger partial charge in [-0.15, -0.1) is 0 Å². The van der Waals surface area contributed by atoms with Crippen molar-refractivity contribution in [1.82, 2.24) is 0 Å². The van der Waals surface area contributed by atoms with E-state index in [0.717, 1.165) is 12.1 Å². The normalized spacial score (nSPS) is 10.5. The summed E-state index contributed by atoms with van der Waals surface area (Å²) in [6, 6.07) is 11.9. The Kier molecular flexibility index (Phi) is 3.66. The van der Waals surface area contributed by atoms with Crippen LogP contribution in [0.5, 0.6) is 0 Å². The maximum Gasteiger partial charge on any atom is 0.417 e. The second kappa shape index (κ2) is 5.80. The highest BCUT2D eigenvalue weighted by atomic mass is 16.6. The molecule has 0 radical (unpaired) electrons. The lowest BCUT2D eigenvalue weighted by Gasteiger charge is -2.09. The van der Waals surface area contributed by atoms with Crippen LogP contribution in [0.2, 0.25) is 0 Å². The van der Waals surface area contributed by atoms with E-state index in [-0.39, 0.29) is 22.3 Å². The fourth-order valence-corrected chi connectivity index (χ4v) is 2.25. The van der Waals surface area contributed by atoms with E-state index in [2.05, 4.69) is 5.32 Å². The molecule has 2 aromatic carbocycles. The van der Waals surface area contributed by atoms with Gasteiger partial charge in [0.25, 0.3) is 5.69 Å². The molecule has 1 N–H and O–H groups in total. The SMILES string of the molecule is O=c1oc2ccc([N+](=O)[O-])cc2c(Nc2ccccc2)c1[N+](=O)[O-]. The number of anilines is 2. The van der Waals surface area contributed by atoms with Crippen LogP contribution in [-0.2, 0) is 0 Å². The van der Waals surface area contributed by atoms with Gasteiger partial charge in [0, 0.05) is 17.8 Å². The summed E-state index contributed by atoms with van der Waals surface area (Å²) >= 11 is 0. The number of para-hydroxylation sites is 1. The van der Waals surface area contributed by atoms with Crippen molar-refractivity contribution >= 4 is 33.7 Å². The Morgan fingerprint density at radius 2 is 1.67 bits per heavy atom. The highest BCUT2D eigenvalue weighted by Gasteiger charge is 2.26. The second-order valence-electron chi connectivity index (χ2n) is 4.80. The van der Waals surface area contributed by atoms with Crippen molar-refractivity contribution in [3.63, 3.8) is 0 Å². The number of benzene rings is 2. The Balaban J connectivity index is 2.33. The van der Waals surface area contributed by atoms with Crippen molar-refractivity contribution < 1.29 is 14.3 Å². The van der Waals surface area contributed by atoms with Gasteiger partial charge in [-0.25, -0.2) is 4.79 Å². The van der Waals surface area contributed by atoms with Crippen LogP contribution >= 0.6 is 0 Å². The molecule has 9 heteroatoms. The smallest absolute Gasteiger partial charge is 0.417 e. The predicted molar refractivity (Wildman–Crippen MR) is 85.5 cm³/mol. The van der Waals surface area contributed by atoms with Gasteiger partial charge in [-0.2, -0.15) is 0 Å². The maximum atomic E-state index is 11.9. The zero-order valence-corrected chi connectivity index (χ0v) is 12.0. The molecule has 3 aromatic rings. The lowest BCUT2D eigenvalue weighted by atomic mass is 10.1. The molecule has 0 atom stereocenters. The van der Waals surface area contributed by atoms with Crippen LogP contribution in [-0.4, -0.2) is 9.85 Å². The summed E-state index contributed by atoms with van der Waals surface area (Å²) in [5.41, 5.74) is -1.89. The average molecular weight is 327 g/mol. The summed E-state index contributed by atoms with van der Waals surface area (Å²) in [7, 11) is 0. The zero-order chi connectivity index (χ0) is 17.3. The number of fused-ring (bicyclic) bond motifs is 1. The topological polar surface area (TPSA) is 129 Å². The third-order valence-electron chi connectivity index (χ3n) is 3.30. The van der Waals surface area contributed by atoms with E-state index in [0.29, 0.717) is 5.69 Å². The van der Waals surface area contributed by atoms with Crippen LogP contribution in [0, 0.1) is 20.2 Å². The maximum absolute atomic E-state index is 11.9. The molecule has 3 rings (SSSR count). The zero-order valence-electron chi connectivity index (χ0n) is 12.0. The van der Waals surface area contributed by atoms with E-state index in [4.69, 9.17) is 4.42 Å². The van der Waals surface area contributed by atoms with Gasteiger partial charge in [0.2, 0.25) is 0 Å². The molecule has 0 unspecified atom stereocenters. The molecule has 0 bridgehead atoms. The van der Waals surface area contributed by atoms with E-state index in [1.54, 1.807) is 30.3 Å². The van der Waals surface area contributed by atoms with Crippen LogP contribution in [0.1, 0.15) is 0 Å². The van der Waals surface area contributed by atoms with Gasteiger partial charge in [-0.3, -0.25) is 20.2 Å². The van der Waals surface area contributed by atoms with Crippen LogP contribution in [0.3, 0.4) is 0 Å². The monoisotopic (exact) mass is 327 g/mol. The number of hydrogen-bond acceptors (Lipinski definition) is 7. The van der Waals surface area contributed by atoms with Gasteiger partial charge in [-0.1, -0.05) is 18.2 Å². The Labute approximate surface area is 133 Å². The summed E-state index contributed by atoms with van der Waals surface area (Å²) in [5.74, 6) is 0.